The molecule has 0 aliphatic heterocycles. The Kier molecular flexibility index (Phi) is 14.9. The Labute approximate surface area is 296 Å². The quantitative estimate of drug-likeness (QED) is 0.0485. The van der Waals surface area contributed by atoms with Crippen molar-refractivity contribution >= 4 is 88.1 Å². The van der Waals surface area contributed by atoms with E-state index in [9.17, 15) is 9.59 Å². The lowest BCUT2D eigenvalue weighted by molar-refractivity contribution is 0.0964. The monoisotopic (exact) mass is 734 g/mol. The molecule has 0 fully saturated rings. The van der Waals surface area contributed by atoms with E-state index in [1.807, 2.05) is 6.92 Å². The van der Waals surface area contributed by atoms with Crippen LogP contribution in [-0.4, -0.2) is 91.3 Å². The fourth-order valence-corrected chi connectivity index (χ4v) is 4.02. The summed E-state index contributed by atoms with van der Waals surface area (Å²) in [6.07, 6.45) is 3.56. The zero-order chi connectivity index (χ0) is 36.6. The number of rotatable bonds is 17. The second kappa shape index (κ2) is 19.3. The second-order valence-corrected chi connectivity index (χ2v) is 10.9. The van der Waals surface area contributed by atoms with E-state index in [4.69, 9.17) is 57.6 Å². The number of halogens is 2. The Balaban J connectivity index is 1.41. The number of hydrogen-bond donors (Lipinski definition) is 11. The van der Waals surface area contributed by atoms with Crippen LogP contribution < -0.4 is 61.0 Å². The smallest absolute Gasteiger partial charge is 0.280 e. The van der Waals surface area contributed by atoms with Gasteiger partial charge in [-0.1, -0.05) is 30.1 Å². The third kappa shape index (κ3) is 12.4. The number of amides is 2. The highest BCUT2D eigenvalue weighted by Crippen LogP contribution is 2.18. The predicted molar refractivity (Wildman–Crippen MR) is 194 cm³/mol. The van der Waals surface area contributed by atoms with E-state index >= 15 is 0 Å². The zero-order valence-electron chi connectivity index (χ0n) is 27.1. The molecule has 22 nitrogen and oxygen atoms in total. The first kappa shape index (κ1) is 38.7. The average Bonchev–Trinajstić information content (AvgIpc) is 3.06. The van der Waals surface area contributed by atoms with Crippen molar-refractivity contribution in [1.82, 2.24) is 45.5 Å². The lowest BCUT2D eigenvalue weighted by atomic mass is 10.3. The summed E-state index contributed by atoms with van der Waals surface area (Å²) in [6, 6.07) is 0. The molecule has 0 atom stereocenters. The minimum Gasteiger partial charge on any atom is -0.382 e. The van der Waals surface area contributed by atoms with Gasteiger partial charge in [-0.3, -0.25) is 30.2 Å². The topological polar surface area (TPSA) is 365 Å². The molecule has 3 aromatic heterocycles. The van der Waals surface area contributed by atoms with E-state index in [2.05, 4.69) is 71.5 Å². The number of nitrogens with two attached hydrogens (primary N) is 6. The fourth-order valence-electron chi connectivity index (χ4n) is 3.77. The van der Waals surface area contributed by atoms with Crippen LogP contribution in [0.4, 0.5) is 41.1 Å². The summed E-state index contributed by atoms with van der Waals surface area (Å²) in [5.41, 5.74) is 33.6. The van der Waals surface area contributed by atoms with Crippen LogP contribution in [0.3, 0.4) is 0 Å². The van der Waals surface area contributed by atoms with Crippen molar-refractivity contribution < 1.29 is 9.59 Å². The molecular formula is C26H40Cl2N20O2. The van der Waals surface area contributed by atoms with E-state index in [0.29, 0.717) is 76.3 Å². The maximum atomic E-state index is 12.4. The number of carbonyl (C=O) groups is 2. The number of aromatic nitrogens is 7. The number of nitrogens with one attached hydrogen (secondary N) is 5. The summed E-state index contributed by atoms with van der Waals surface area (Å²) in [5.74, 6) is -1.00. The van der Waals surface area contributed by atoms with E-state index in [0.717, 1.165) is 6.42 Å². The molecule has 0 saturated carbocycles. The van der Waals surface area contributed by atoms with Crippen LogP contribution in [0.1, 0.15) is 60.0 Å². The van der Waals surface area contributed by atoms with Crippen LogP contribution in [-0.2, 0) is 0 Å². The number of nitrogens with zero attached hydrogens (tertiary/aromatic N) is 9. The molecule has 50 heavy (non-hydrogen) atoms. The summed E-state index contributed by atoms with van der Waals surface area (Å²) in [6.45, 7) is 4.47. The molecule has 0 aliphatic carbocycles. The number of nitrogen functional groups attached to an aromatic ring is 4. The summed E-state index contributed by atoms with van der Waals surface area (Å²) in [7, 11) is 0. The Morgan fingerprint density at radius 3 is 1.34 bits per heavy atom. The van der Waals surface area contributed by atoms with Crippen molar-refractivity contribution in [3.8, 4) is 0 Å². The first-order valence-electron chi connectivity index (χ1n) is 15.2. The lowest BCUT2D eigenvalue weighted by Gasteiger charge is -2.11. The van der Waals surface area contributed by atoms with Gasteiger partial charge in [0, 0.05) is 32.7 Å². The lowest BCUT2D eigenvalue weighted by Crippen LogP contribution is -2.38. The molecule has 3 aromatic rings. The first-order chi connectivity index (χ1) is 23.9. The van der Waals surface area contributed by atoms with Crippen molar-refractivity contribution in [2.45, 2.75) is 39.0 Å². The zero-order valence-corrected chi connectivity index (χ0v) is 28.6. The largest absolute Gasteiger partial charge is 0.382 e. The third-order valence-electron chi connectivity index (χ3n) is 6.19. The van der Waals surface area contributed by atoms with Crippen LogP contribution in [0.5, 0.6) is 0 Å². The summed E-state index contributed by atoms with van der Waals surface area (Å²) in [4.78, 5) is 61.4. The maximum absolute atomic E-state index is 12.4. The van der Waals surface area contributed by atoms with Gasteiger partial charge in [-0.2, -0.15) is 15.0 Å². The van der Waals surface area contributed by atoms with Gasteiger partial charge in [0.05, 0.1) is 0 Å². The van der Waals surface area contributed by atoms with Gasteiger partial charge in [-0.25, -0.2) is 19.9 Å². The van der Waals surface area contributed by atoms with Gasteiger partial charge in [0.25, 0.3) is 11.8 Å². The molecule has 0 saturated heterocycles. The Morgan fingerprint density at radius 1 is 0.580 bits per heavy atom. The van der Waals surface area contributed by atoms with Crippen LogP contribution in [0, 0.1) is 0 Å². The van der Waals surface area contributed by atoms with Crippen molar-refractivity contribution in [3.63, 3.8) is 0 Å². The minimum absolute atomic E-state index is 0.0913. The van der Waals surface area contributed by atoms with Crippen LogP contribution in [0.25, 0.3) is 0 Å². The molecule has 2 amide bonds. The first-order valence-corrected chi connectivity index (χ1v) is 16.0. The third-order valence-corrected chi connectivity index (χ3v) is 6.75. The summed E-state index contributed by atoms with van der Waals surface area (Å²) in [5, 5.41) is 14.0. The normalized spacial score (nSPS) is 11.6. The molecule has 3 heterocycles. The summed E-state index contributed by atoms with van der Waals surface area (Å²) >= 11 is 11.6. The summed E-state index contributed by atoms with van der Waals surface area (Å²) < 4.78 is 0. The fraction of sp³-hybridized carbons (Fsp3) is 0.423. The van der Waals surface area contributed by atoms with Crippen molar-refractivity contribution in [3.05, 3.63) is 21.7 Å². The van der Waals surface area contributed by atoms with Gasteiger partial charge in [-0.15, -0.1) is 0 Å². The molecule has 0 aliphatic rings. The van der Waals surface area contributed by atoms with Crippen molar-refractivity contribution in [1.29, 1.82) is 0 Å². The van der Waals surface area contributed by atoms with Gasteiger partial charge in [0.1, 0.15) is 0 Å². The second-order valence-electron chi connectivity index (χ2n) is 10.2. The maximum Gasteiger partial charge on any atom is 0.280 e. The van der Waals surface area contributed by atoms with Gasteiger partial charge < -0.3 is 50.4 Å². The van der Waals surface area contributed by atoms with E-state index in [1.165, 1.54) is 0 Å². The van der Waals surface area contributed by atoms with E-state index in [-0.39, 0.29) is 56.9 Å². The number of guanidine groups is 2. The molecular weight excluding hydrogens is 695 g/mol. The standard InChI is InChI=1S/C26H40Cl2N20O2/c1-2-7-37-24-46-25(38-10-5-3-8-35-22(33)44-20(49)12-16(29)42-18(31)14(27)40-12)48-26(47-24)39-11-6-4-9-36-23(34)45-21(50)13-17(30)43-19(32)15(28)41-13/h2-11H2,1H3,(H4,29,31,42)(H4,30,32,43)(H3,33,35,44,49)(H3,34,36,45,50)(H3,37,38,39,46,47,48). The van der Waals surface area contributed by atoms with Crippen molar-refractivity contribution in [2.75, 3.05) is 71.6 Å². The number of unbranched alkanes of at least 4 members (excludes halogenated alkanes) is 2. The average molecular weight is 736 g/mol. The molecule has 3 rings (SSSR count). The van der Waals surface area contributed by atoms with Gasteiger partial charge >= 0.3 is 0 Å². The molecule has 0 spiro atoms. The van der Waals surface area contributed by atoms with Gasteiger partial charge in [0.2, 0.25) is 17.8 Å². The molecule has 0 unspecified atom stereocenters. The molecule has 0 aromatic carbocycles. The molecule has 0 bridgehead atoms. The number of carbonyl (C=O) groups excluding carboxylic acids is 2. The Bertz CT molecular complexity index is 1590. The van der Waals surface area contributed by atoms with Crippen LogP contribution in [0.2, 0.25) is 10.3 Å². The highest BCUT2D eigenvalue weighted by Gasteiger charge is 2.18. The van der Waals surface area contributed by atoms with Gasteiger partial charge in [-0.05, 0) is 32.1 Å². The van der Waals surface area contributed by atoms with E-state index < -0.39 is 11.8 Å². The molecule has 17 N–H and O–H groups in total. The number of anilines is 7. The Morgan fingerprint density at radius 2 is 0.960 bits per heavy atom. The van der Waals surface area contributed by atoms with Crippen LogP contribution >= 0.6 is 23.2 Å². The van der Waals surface area contributed by atoms with Crippen molar-refractivity contribution in [2.24, 2.45) is 21.5 Å². The Hall–Kier alpha value is -5.77. The molecule has 270 valence electrons. The predicted octanol–water partition coefficient (Wildman–Crippen LogP) is -0.217. The number of hydrogen-bond acceptors (Lipinski definition) is 18. The highest BCUT2D eigenvalue weighted by molar-refractivity contribution is 6.32. The molecule has 0 radical (unpaired) electrons. The highest BCUT2D eigenvalue weighted by atomic mass is 35.5. The SMILES string of the molecule is CCCNc1nc(NCCCCN=C(N)NC(=O)c2nc(Cl)c(N)nc2N)nc(NCCCCN=C(N)NC(=O)c2nc(Cl)c(N)nc2N)n1. The van der Waals surface area contributed by atoms with Gasteiger partial charge in [0.15, 0.2) is 56.9 Å². The molecule has 24 heteroatoms. The van der Waals surface area contributed by atoms with E-state index in [1.54, 1.807) is 0 Å². The number of aliphatic imine (C=N–C) groups is 2. The minimum atomic E-state index is -0.713. The van der Waals surface area contributed by atoms with Crippen LogP contribution in [0.15, 0.2) is 9.98 Å².